The van der Waals surface area contributed by atoms with E-state index in [1.165, 1.54) is 0 Å². The number of aliphatic carboxylic acids is 2. The molecule has 4 N–H and O–H groups in total. The lowest BCUT2D eigenvalue weighted by Crippen LogP contribution is -2.44. The molecule has 4 unspecified atom stereocenters. The molecule has 2 fully saturated rings. The average Bonchev–Trinajstić information content (AvgIpc) is 2.68. The Labute approximate surface area is 213 Å². The third-order valence-corrected chi connectivity index (χ3v) is 8.24. The van der Waals surface area contributed by atoms with Crippen molar-refractivity contribution in [2.75, 3.05) is 23.0 Å². The zero-order valence-electron chi connectivity index (χ0n) is 19.8. The van der Waals surface area contributed by atoms with Crippen LogP contribution in [0, 0.1) is 0 Å². The van der Waals surface area contributed by atoms with Crippen LogP contribution in [0.3, 0.4) is 0 Å². The molecule has 0 aromatic carbocycles. The minimum absolute atomic E-state index is 0.158. The number of rotatable bonds is 16. The number of thioether (sulfide) groups is 2. The van der Waals surface area contributed by atoms with Crippen molar-refractivity contribution in [1.29, 1.82) is 0 Å². The van der Waals surface area contributed by atoms with Crippen molar-refractivity contribution in [2.45, 2.75) is 94.0 Å². The molecule has 35 heavy (non-hydrogen) atoms. The second kappa shape index (κ2) is 14.3. The first-order valence-corrected chi connectivity index (χ1v) is 14.2. The van der Waals surface area contributed by atoms with Crippen LogP contribution in [0.2, 0.25) is 0 Å². The summed E-state index contributed by atoms with van der Waals surface area (Å²) in [5, 5.41) is 38.5. The average molecular weight is 537 g/mol. The second-order valence-corrected chi connectivity index (χ2v) is 11.9. The molecule has 2 saturated heterocycles. The molecule has 0 amide bonds. The Kier molecular flexibility index (Phi) is 12.1. The lowest BCUT2D eigenvalue weighted by atomic mass is 9.86. The van der Waals surface area contributed by atoms with E-state index in [-0.39, 0.29) is 25.7 Å². The van der Waals surface area contributed by atoms with Crippen LogP contribution in [0.4, 0.5) is 0 Å². The predicted molar refractivity (Wildman–Crippen MR) is 130 cm³/mol. The number of carboxylic acids is 2. The van der Waals surface area contributed by atoms with Crippen LogP contribution in [0.5, 0.6) is 0 Å². The highest BCUT2D eigenvalue weighted by Gasteiger charge is 2.42. The maximum atomic E-state index is 11.7. The number of hydrogen-bond acceptors (Lipinski definition) is 10. The molecule has 10 nitrogen and oxygen atoms in total. The van der Waals surface area contributed by atoms with E-state index in [9.17, 15) is 29.4 Å². The van der Waals surface area contributed by atoms with Crippen molar-refractivity contribution in [1.82, 2.24) is 0 Å². The van der Waals surface area contributed by atoms with Gasteiger partial charge in [0.15, 0.2) is 0 Å². The van der Waals surface area contributed by atoms with Gasteiger partial charge in [-0.2, -0.15) is 23.5 Å². The molecule has 0 aliphatic carbocycles. The summed E-state index contributed by atoms with van der Waals surface area (Å²) in [6.07, 6.45) is 1.82. The fraction of sp³-hybridized carbons (Fsp3) is 0.826. The number of ether oxygens (including phenoxy) is 2. The molecular formula is C23H36O10S2. The second-order valence-electron chi connectivity index (χ2n) is 9.44. The Morgan fingerprint density at radius 1 is 0.743 bits per heavy atom. The van der Waals surface area contributed by atoms with E-state index in [0.717, 1.165) is 42.3 Å². The first-order valence-electron chi connectivity index (χ1n) is 11.9. The van der Waals surface area contributed by atoms with E-state index in [1.807, 2.05) is 0 Å². The van der Waals surface area contributed by atoms with E-state index in [1.54, 1.807) is 23.5 Å². The maximum Gasteiger partial charge on any atom is 0.309 e. The summed E-state index contributed by atoms with van der Waals surface area (Å²) < 4.78 is 10.5. The highest BCUT2D eigenvalue weighted by Crippen LogP contribution is 2.32. The summed E-state index contributed by atoms with van der Waals surface area (Å²) in [5.74, 6) is 0.403. The molecule has 0 aromatic rings. The predicted octanol–water partition coefficient (Wildman–Crippen LogP) is 2.23. The van der Waals surface area contributed by atoms with Gasteiger partial charge in [-0.05, 0) is 55.1 Å². The number of esters is 2. The Balaban J connectivity index is 1.48. The number of carbonyl (C=O) groups is 4. The highest BCUT2D eigenvalue weighted by atomic mass is 32.2. The summed E-state index contributed by atoms with van der Waals surface area (Å²) in [5.41, 5.74) is -3.04. The van der Waals surface area contributed by atoms with Crippen molar-refractivity contribution in [3.8, 4) is 0 Å². The smallest absolute Gasteiger partial charge is 0.309 e. The summed E-state index contributed by atoms with van der Waals surface area (Å²) in [6, 6.07) is 0. The van der Waals surface area contributed by atoms with Gasteiger partial charge < -0.3 is 29.9 Å². The largest absolute Gasteiger partial charge is 0.481 e. The van der Waals surface area contributed by atoms with Gasteiger partial charge in [-0.15, -0.1) is 0 Å². The number of carboxylic acid groups (broad SMARTS) is 2. The number of carbonyl (C=O) groups excluding carboxylic acids is 2. The maximum absolute atomic E-state index is 11.7. The molecule has 0 radical (unpaired) electrons. The van der Waals surface area contributed by atoms with Gasteiger partial charge in [0, 0.05) is 12.8 Å². The molecule has 0 bridgehead atoms. The van der Waals surface area contributed by atoms with Crippen molar-refractivity contribution >= 4 is 47.4 Å². The number of cyclic esters (lactones) is 2. The molecule has 0 aromatic heterocycles. The lowest BCUT2D eigenvalue weighted by molar-refractivity contribution is -0.176. The quantitative estimate of drug-likeness (QED) is 0.168. The first kappa shape index (κ1) is 29.7. The van der Waals surface area contributed by atoms with Crippen LogP contribution in [-0.4, -0.2) is 90.7 Å². The van der Waals surface area contributed by atoms with Gasteiger partial charge in [0.1, 0.15) is 12.2 Å². The lowest BCUT2D eigenvalue weighted by Gasteiger charge is -2.35. The van der Waals surface area contributed by atoms with Crippen LogP contribution in [0.25, 0.3) is 0 Å². The fourth-order valence-corrected chi connectivity index (χ4v) is 6.54. The van der Waals surface area contributed by atoms with Crippen LogP contribution < -0.4 is 0 Å². The minimum atomic E-state index is -1.52. The molecule has 2 heterocycles. The normalized spacial score (nSPS) is 28.9. The summed E-state index contributed by atoms with van der Waals surface area (Å²) in [7, 11) is 0. The number of hydrogen-bond donors (Lipinski definition) is 4. The zero-order valence-corrected chi connectivity index (χ0v) is 21.4. The van der Waals surface area contributed by atoms with Gasteiger partial charge in [0.25, 0.3) is 0 Å². The molecule has 2 aliphatic rings. The van der Waals surface area contributed by atoms with Gasteiger partial charge in [-0.3, -0.25) is 19.2 Å². The molecule has 12 heteroatoms. The first-order chi connectivity index (χ1) is 16.5. The zero-order chi connectivity index (χ0) is 25.9. The third kappa shape index (κ3) is 11.9. The topological polar surface area (TPSA) is 168 Å². The highest BCUT2D eigenvalue weighted by molar-refractivity contribution is 8.00. The van der Waals surface area contributed by atoms with Crippen LogP contribution >= 0.6 is 23.5 Å². The van der Waals surface area contributed by atoms with Crippen LogP contribution in [0.15, 0.2) is 0 Å². The third-order valence-electron chi connectivity index (χ3n) is 5.93. The van der Waals surface area contributed by atoms with Crippen molar-refractivity contribution in [2.24, 2.45) is 0 Å². The molecule has 200 valence electrons. The number of aliphatic hydroxyl groups is 2. The van der Waals surface area contributed by atoms with Crippen LogP contribution in [-0.2, 0) is 28.7 Å². The van der Waals surface area contributed by atoms with Crippen LogP contribution in [0.1, 0.15) is 70.6 Å². The summed E-state index contributed by atoms with van der Waals surface area (Å²) in [6.45, 7) is 0. The van der Waals surface area contributed by atoms with Gasteiger partial charge in [0.2, 0.25) is 0 Å². The Bertz CT molecular complexity index is 680. The molecule has 0 spiro atoms. The van der Waals surface area contributed by atoms with Gasteiger partial charge in [0.05, 0.1) is 36.9 Å². The van der Waals surface area contributed by atoms with E-state index in [0.29, 0.717) is 12.8 Å². The van der Waals surface area contributed by atoms with Gasteiger partial charge in [-0.25, -0.2) is 0 Å². The Morgan fingerprint density at radius 3 is 1.49 bits per heavy atom. The van der Waals surface area contributed by atoms with E-state index in [4.69, 9.17) is 19.7 Å². The molecule has 2 aliphatic heterocycles. The molecular weight excluding hydrogens is 500 g/mol. The monoisotopic (exact) mass is 536 g/mol. The Hall–Kier alpha value is -1.50. The van der Waals surface area contributed by atoms with Crippen molar-refractivity contribution < 1.29 is 49.1 Å². The van der Waals surface area contributed by atoms with Gasteiger partial charge in [-0.1, -0.05) is 0 Å². The van der Waals surface area contributed by atoms with E-state index >= 15 is 0 Å². The van der Waals surface area contributed by atoms with Crippen molar-refractivity contribution in [3.63, 3.8) is 0 Å². The summed E-state index contributed by atoms with van der Waals surface area (Å²) in [4.78, 5) is 45.2. The van der Waals surface area contributed by atoms with Gasteiger partial charge >= 0.3 is 23.9 Å². The fourth-order valence-electron chi connectivity index (χ4n) is 4.52. The molecule has 2 rings (SSSR count). The minimum Gasteiger partial charge on any atom is -0.481 e. The SMILES string of the molecule is O=C(O)CC1(O)CC(=O)OC(CCCSCCCSCCCC2CC(O)(CC(=O)O)CC(=O)O2)C1. The summed E-state index contributed by atoms with van der Waals surface area (Å²) >= 11 is 3.60. The molecule has 0 saturated carbocycles. The van der Waals surface area contributed by atoms with Crippen molar-refractivity contribution in [3.05, 3.63) is 0 Å². The Morgan fingerprint density at radius 2 is 1.11 bits per heavy atom. The molecule has 4 atom stereocenters. The van der Waals surface area contributed by atoms with E-state index < -0.39 is 60.1 Å². The standard InChI is InChI=1S/C23H36O10S2/c24-18(25)12-22(30)10-16(32-20(28)14-22)4-1-6-34-8-3-9-35-7-2-5-17-11-23(31,13-19(26)27)15-21(29)33-17/h16-17,30-31H,1-15H2,(H,24,25)(H,26,27). The van der Waals surface area contributed by atoms with E-state index in [2.05, 4.69) is 0 Å².